The van der Waals surface area contributed by atoms with Crippen LogP contribution in [0.4, 0.5) is 5.69 Å². The number of carbonyl (C=O) groups excluding carboxylic acids is 1. The normalized spacial score (nSPS) is 10.7. The minimum absolute atomic E-state index is 0.346. The summed E-state index contributed by atoms with van der Waals surface area (Å²) in [6.07, 6.45) is 4.06. The van der Waals surface area contributed by atoms with Gasteiger partial charge in [-0.25, -0.2) is 4.79 Å². The van der Waals surface area contributed by atoms with Crippen LogP contribution in [0.25, 0.3) is 5.69 Å². The van der Waals surface area contributed by atoms with Crippen LogP contribution in [0.2, 0.25) is 0 Å². The fourth-order valence-electron chi connectivity index (χ4n) is 2.27. The van der Waals surface area contributed by atoms with E-state index in [-0.39, 0.29) is 5.97 Å². The molecule has 0 aromatic carbocycles. The summed E-state index contributed by atoms with van der Waals surface area (Å²) in [5, 5.41) is 0. The largest absolute Gasteiger partial charge is 0.462 e. The molecule has 2 aromatic heterocycles. The van der Waals surface area contributed by atoms with Gasteiger partial charge in [0.05, 0.1) is 6.61 Å². The number of rotatable bonds is 5. The fourth-order valence-corrected chi connectivity index (χ4v) is 4.57. The van der Waals surface area contributed by atoms with Gasteiger partial charge in [0.2, 0.25) is 0 Å². The molecule has 6 heteroatoms. The molecule has 0 spiro atoms. The lowest BCUT2D eigenvalue weighted by Crippen LogP contribution is -2.32. The van der Waals surface area contributed by atoms with Gasteiger partial charge in [-0.3, -0.25) is 0 Å². The number of aryl methyl sites for hydroxylation is 2. The molecule has 118 valence electrons. The number of carbonyl (C=O) groups is 1. The maximum atomic E-state index is 12.1. The number of aromatic nitrogens is 1. The van der Waals surface area contributed by atoms with Gasteiger partial charge in [-0.1, -0.05) is 6.92 Å². The SMILES string of the molecule is CCOC(=O)c1sc(SCC)c(-[n+]2cc(C)cc(C)c2)c1N. The van der Waals surface area contributed by atoms with Crippen molar-refractivity contribution >= 4 is 34.8 Å². The molecule has 2 aromatic rings. The van der Waals surface area contributed by atoms with Crippen LogP contribution >= 0.6 is 23.1 Å². The summed E-state index contributed by atoms with van der Waals surface area (Å²) in [5.74, 6) is 0.569. The number of thioether (sulfide) groups is 1. The number of hydrogen-bond acceptors (Lipinski definition) is 5. The Morgan fingerprint density at radius 2 is 1.95 bits per heavy atom. The van der Waals surface area contributed by atoms with Crippen molar-refractivity contribution in [2.45, 2.75) is 31.9 Å². The molecule has 22 heavy (non-hydrogen) atoms. The van der Waals surface area contributed by atoms with Crippen molar-refractivity contribution in [3.05, 3.63) is 34.5 Å². The second-order valence-electron chi connectivity index (χ2n) is 4.93. The number of hydrogen-bond donors (Lipinski definition) is 1. The van der Waals surface area contributed by atoms with Gasteiger partial charge < -0.3 is 10.5 Å². The highest BCUT2D eigenvalue weighted by Crippen LogP contribution is 2.38. The maximum Gasteiger partial charge on any atom is 0.350 e. The number of thiophene rings is 1. The number of anilines is 1. The van der Waals surface area contributed by atoms with Crippen LogP contribution in [0.3, 0.4) is 0 Å². The Morgan fingerprint density at radius 1 is 1.32 bits per heavy atom. The quantitative estimate of drug-likeness (QED) is 0.515. The Bertz CT molecular complexity index is 675. The van der Waals surface area contributed by atoms with Crippen LogP contribution in [0.15, 0.2) is 22.7 Å². The third kappa shape index (κ3) is 3.44. The first-order valence-corrected chi connectivity index (χ1v) is 9.00. The van der Waals surface area contributed by atoms with E-state index in [0.29, 0.717) is 17.2 Å². The standard InChI is InChI=1S/C16H20N2O2S2/c1-5-20-15(19)14-12(17)13(16(22-14)21-6-2)18-8-10(3)7-11(4)9-18/h7-9H,5-6H2,1-4H3,(H-,17,19)/p+1. The van der Waals surface area contributed by atoms with E-state index < -0.39 is 0 Å². The van der Waals surface area contributed by atoms with Crippen LogP contribution in [0, 0.1) is 13.8 Å². The van der Waals surface area contributed by atoms with E-state index in [1.54, 1.807) is 18.7 Å². The van der Waals surface area contributed by atoms with E-state index in [4.69, 9.17) is 10.5 Å². The van der Waals surface area contributed by atoms with E-state index in [0.717, 1.165) is 26.8 Å². The van der Waals surface area contributed by atoms with Crippen LogP contribution in [-0.2, 0) is 4.74 Å². The van der Waals surface area contributed by atoms with Crippen LogP contribution in [0.5, 0.6) is 0 Å². The first-order chi connectivity index (χ1) is 10.5. The van der Waals surface area contributed by atoms with Gasteiger partial charge in [-0.05, 0) is 32.6 Å². The minimum atomic E-state index is -0.348. The Kier molecular flexibility index (Phi) is 5.47. The lowest BCUT2D eigenvalue weighted by atomic mass is 10.2. The zero-order valence-corrected chi connectivity index (χ0v) is 14.9. The van der Waals surface area contributed by atoms with Gasteiger partial charge in [0.1, 0.15) is 14.8 Å². The van der Waals surface area contributed by atoms with Gasteiger partial charge in [0.15, 0.2) is 12.4 Å². The summed E-state index contributed by atoms with van der Waals surface area (Å²) < 4.78 is 8.16. The smallest absolute Gasteiger partial charge is 0.350 e. The molecule has 0 saturated heterocycles. The molecule has 0 fully saturated rings. The Labute approximate surface area is 139 Å². The minimum Gasteiger partial charge on any atom is -0.462 e. The molecule has 2 N–H and O–H groups in total. The zero-order valence-electron chi connectivity index (χ0n) is 13.3. The summed E-state index contributed by atoms with van der Waals surface area (Å²) in [5.41, 5.74) is 9.95. The predicted octanol–water partition coefficient (Wildman–Crippen LogP) is 3.51. The van der Waals surface area contributed by atoms with Crippen molar-refractivity contribution in [3.8, 4) is 5.69 Å². The van der Waals surface area contributed by atoms with Gasteiger partial charge in [0.25, 0.3) is 5.69 Å². The second kappa shape index (κ2) is 7.15. The first-order valence-electron chi connectivity index (χ1n) is 7.20. The summed E-state index contributed by atoms with van der Waals surface area (Å²) >= 11 is 3.10. The van der Waals surface area contributed by atoms with Crippen molar-refractivity contribution in [2.24, 2.45) is 0 Å². The van der Waals surface area contributed by atoms with Crippen LogP contribution in [-0.4, -0.2) is 18.3 Å². The highest BCUT2D eigenvalue weighted by atomic mass is 32.2. The van der Waals surface area contributed by atoms with Crippen molar-refractivity contribution < 1.29 is 14.1 Å². The van der Waals surface area contributed by atoms with Gasteiger partial charge in [0, 0.05) is 11.1 Å². The van der Waals surface area contributed by atoms with E-state index in [2.05, 4.69) is 13.0 Å². The molecule has 0 atom stereocenters. The highest BCUT2D eigenvalue weighted by Gasteiger charge is 2.28. The topological polar surface area (TPSA) is 56.2 Å². The van der Waals surface area contributed by atoms with Gasteiger partial charge in [-0.2, -0.15) is 4.57 Å². The fraction of sp³-hybridized carbons (Fsp3) is 0.375. The van der Waals surface area contributed by atoms with Crippen molar-refractivity contribution in [1.29, 1.82) is 0 Å². The van der Waals surface area contributed by atoms with E-state index in [1.165, 1.54) is 11.3 Å². The molecule has 0 radical (unpaired) electrons. The van der Waals surface area contributed by atoms with Crippen molar-refractivity contribution in [2.75, 3.05) is 18.1 Å². The second-order valence-corrected chi connectivity index (χ2v) is 7.49. The lowest BCUT2D eigenvalue weighted by Gasteiger charge is -2.02. The van der Waals surface area contributed by atoms with Crippen LogP contribution in [0.1, 0.15) is 34.6 Å². The maximum absolute atomic E-state index is 12.1. The molecular weight excluding hydrogens is 316 g/mol. The van der Waals surface area contributed by atoms with E-state index in [1.807, 2.05) is 30.8 Å². The summed E-state index contributed by atoms with van der Waals surface area (Å²) in [7, 11) is 0. The van der Waals surface area contributed by atoms with Crippen LogP contribution < -0.4 is 10.3 Å². The number of nitrogens with zero attached hydrogens (tertiary/aromatic N) is 1. The lowest BCUT2D eigenvalue weighted by molar-refractivity contribution is -0.597. The molecule has 0 saturated carbocycles. The number of ether oxygens (including phenoxy) is 1. The summed E-state index contributed by atoms with van der Waals surface area (Å²) in [6, 6.07) is 2.11. The molecule has 0 amide bonds. The zero-order chi connectivity index (χ0) is 16.3. The van der Waals surface area contributed by atoms with E-state index >= 15 is 0 Å². The number of nitrogens with two attached hydrogens (primary N) is 1. The van der Waals surface area contributed by atoms with E-state index in [9.17, 15) is 4.79 Å². The average Bonchev–Trinajstić information content (AvgIpc) is 2.75. The van der Waals surface area contributed by atoms with Crippen molar-refractivity contribution in [1.82, 2.24) is 0 Å². The third-order valence-corrected chi connectivity index (χ3v) is 5.34. The molecule has 0 aliphatic heterocycles. The molecular formula is C16H21N2O2S2+. The number of pyridine rings is 1. The van der Waals surface area contributed by atoms with Gasteiger partial charge in [-0.15, -0.1) is 23.1 Å². The first kappa shape index (κ1) is 16.8. The third-order valence-electron chi connectivity index (χ3n) is 3.02. The predicted molar refractivity (Wildman–Crippen MR) is 92.1 cm³/mol. The number of esters is 1. The van der Waals surface area contributed by atoms with Gasteiger partial charge >= 0.3 is 5.97 Å². The Morgan fingerprint density at radius 3 is 2.50 bits per heavy atom. The summed E-state index contributed by atoms with van der Waals surface area (Å²) in [6.45, 7) is 8.32. The molecule has 4 nitrogen and oxygen atoms in total. The number of nitrogen functional groups attached to an aromatic ring is 1. The summed E-state index contributed by atoms with van der Waals surface area (Å²) in [4.78, 5) is 12.6. The molecule has 0 aliphatic carbocycles. The highest BCUT2D eigenvalue weighted by molar-refractivity contribution is 8.01. The molecule has 2 heterocycles. The monoisotopic (exact) mass is 337 g/mol. The Hall–Kier alpha value is -1.53. The average molecular weight is 337 g/mol. The molecule has 0 bridgehead atoms. The molecule has 0 aliphatic rings. The Balaban J connectivity index is 2.60. The molecule has 2 rings (SSSR count). The molecule has 0 unspecified atom stereocenters. The van der Waals surface area contributed by atoms with Crippen molar-refractivity contribution in [3.63, 3.8) is 0 Å².